The number of carbonyl (C=O) groups is 1. The zero-order valence-electron chi connectivity index (χ0n) is 11.8. The number of benzene rings is 1. The number of ether oxygens (including phenoxy) is 1. The Labute approximate surface area is 123 Å². The molecule has 2 rings (SSSR count). The van der Waals surface area contributed by atoms with Gasteiger partial charge in [-0.05, 0) is 25.1 Å². The second-order valence-electron chi connectivity index (χ2n) is 4.50. The molecule has 1 aromatic heterocycles. The zero-order valence-corrected chi connectivity index (χ0v) is 11.8. The van der Waals surface area contributed by atoms with Gasteiger partial charge in [-0.3, -0.25) is 9.48 Å². The van der Waals surface area contributed by atoms with E-state index in [1.807, 2.05) is 0 Å². The Bertz CT molecular complexity index is 759. The van der Waals surface area contributed by atoms with Gasteiger partial charge in [0.05, 0.1) is 17.9 Å². The van der Waals surface area contributed by atoms with Gasteiger partial charge in [-0.1, -0.05) is 6.07 Å². The fraction of sp³-hybridized carbons (Fsp3) is 0.286. The smallest absolute Gasteiger partial charge is 0.416 e. The summed E-state index contributed by atoms with van der Waals surface area (Å²) in [6, 6.07) is 4.30. The van der Waals surface area contributed by atoms with E-state index in [1.165, 1.54) is 30.1 Å². The van der Waals surface area contributed by atoms with Crippen LogP contribution in [0, 0.1) is 0 Å². The Morgan fingerprint density at radius 3 is 2.59 bits per heavy atom. The van der Waals surface area contributed by atoms with Gasteiger partial charge in [0.2, 0.25) is 0 Å². The quantitative estimate of drug-likeness (QED) is 0.817. The summed E-state index contributed by atoms with van der Waals surface area (Å²) >= 11 is 0. The van der Waals surface area contributed by atoms with Crippen molar-refractivity contribution in [2.75, 3.05) is 6.61 Å². The second-order valence-corrected chi connectivity index (χ2v) is 4.50. The molecule has 0 saturated carbocycles. The van der Waals surface area contributed by atoms with E-state index < -0.39 is 23.3 Å². The second kappa shape index (κ2) is 5.70. The van der Waals surface area contributed by atoms with Crippen molar-refractivity contribution >= 4 is 5.97 Å². The van der Waals surface area contributed by atoms with Crippen molar-refractivity contribution in [2.45, 2.75) is 13.1 Å². The minimum Gasteiger partial charge on any atom is -0.462 e. The van der Waals surface area contributed by atoms with Crippen molar-refractivity contribution in [1.82, 2.24) is 9.36 Å². The Hall–Kier alpha value is -2.51. The van der Waals surface area contributed by atoms with Crippen molar-refractivity contribution in [3.8, 4) is 5.69 Å². The summed E-state index contributed by atoms with van der Waals surface area (Å²) in [5, 5.41) is 0. The van der Waals surface area contributed by atoms with Gasteiger partial charge in [-0.2, -0.15) is 13.2 Å². The number of carbonyl (C=O) groups excluding carboxylic acids is 1. The van der Waals surface area contributed by atoms with Gasteiger partial charge in [-0.25, -0.2) is 9.48 Å². The number of aromatic nitrogens is 2. The number of rotatable bonds is 3. The molecule has 0 N–H and O–H groups in total. The molecule has 0 spiro atoms. The highest BCUT2D eigenvalue weighted by Gasteiger charge is 2.31. The average molecular weight is 314 g/mol. The Morgan fingerprint density at radius 1 is 1.32 bits per heavy atom. The summed E-state index contributed by atoms with van der Waals surface area (Å²) in [5.41, 5.74) is -1.84. The average Bonchev–Trinajstić information content (AvgIpc) is 2.73. The maximum atomic E-state index is 12.8. The Morgan fingerprint density at radius 2 is 2.00 bits per heavy atom. The first-order chi connectivity index (χ1) is 10.3. The summed E-state index contributed by atoms with van der Waals surface area (Å²) in [6.45, 7) is 1.68. The zero-order chi connectivity index (χ0) is 16.5. The molecule has 0 aliphatic carbocycles. The van der Waals surface area contributed by atoms with Crippen LogP contribution < -0.4 is 5.56 Å². The number of esters is 1. The molecule has 0 aliphatic rings. The van der Waals surface area contributed by atoms with Crippen LogP contribution in [-0.2, 0) is 18.0 Å². The Kier molecular flexibility index (Phi) is 4.11. The van der Waals surface area contributed by atoms with Gasteiger partial charge in [0.25, 0.3) is 5.56 Å². The molecule has 0 atom stereocenters. The topological polar surface area (TPSA) is 53.2 Å². The SMILES string of the molecule is CCOC(=O)c1cn(C)n(-c2cccc(C(F)(F)F)c2)c1=O. The van der Waals surface area contributed by atoms with Gasteiger partial charge >= 0.3 is 12.1 Å². The largest absolute Gasteiger partial charge is 0.462 e. The van der Waals surface area contributed by atoms with Gasteiger partial charge in [0.1, 0.15) is 5.56 Å². The third kappa shape index (κ3) is 2.90. The lowest BCUT2D eigenvalue weighted by atomic mass is 10.2. The van der Waals surface area contributed by atoms with Crippen molar-refractivity contribution in [3.05, 3.63) is 51.9 Å². The highest BCUT2D eigenvalue weighted by Crippen LogP contribution is 2.30. The first kappa shape index (κ1) is 15.9. The molecule has 118 valence electrons. The van der Waals surface area contributed by atoms with Gasteiger partial charge < -0.3 is 4.74 Å². The van der Waals surface area contributed by atoms with E-state index in [0.29, 0.717) is 0 Å². The summed E-state index contributed by atoms with van der Waals surface area (Å²) in [4.78, 5) is 23.9. The molecule has 5 nitrogen and oxygen atoms in total. The van der Waals surface area contributed by atoms with Crippen LogP contribution in [0.15, 0.2) is 35.3 Å². The van der Waals surface area contributed by atoms with E-state index >= 15 is 0 Å². The number of nitrogens with zero attached hydrogens (tertiary/aromatic N) is 2. The summed E-state index contributed by atoms with van der Waals surface area (Å²) in [5.74, 6) is -0.811. The minimum atomic E-state index is -4.52. The molecule has 0 radical (unpaired) electrons. The first-order valence-electron chi connectivity index (χ1n) is 6.39. The third-order valence-corrected chi connectivity index (χ3v) is 2.97. The molecule has 0 aliphatic heterocycles. The molecule has 0 unspecified atom stereocenters. The lowest BCUT2D eigenvalue weighted by Crippen LogP contribution is -2.23. The highest BCUT2D eigenvalue weighted by molar-refractivity contribution is 5.88. The first-order valence-corrected chi connectivity index (χ1v) is 6.39. The fourth-order valence-corrected chi connectivity index (χ4v) is 2.02. The summed E-state index contributed by atoms with van der Waals surface area (Å²) in [6.07, 6.45) is -3.30. The van der Waals surface area contributed by atoms with Gasteiger partial charge in [-0.15, -0.1) is 0 Å². The Balaban J connectivity index is 2.55. The molecule has 8 heteroatoms. The van der Waals surface area contributed by atoms with E-state index in [9.17, 15) is 22.8 Å². The van der Waals surface area contributed by atoms with Crippen LogP contribution >= 0.6 is 0 Å². The van der Waals surface area contributed by atoms with E-state index in [-0.39, 0.29) is 17.9 Å². The lowest BCUT2D eigenvalue weighted by Gasteiger charge is -2.10. The molecule has 0 amide bonds. The molecule has 1 heterocycles. The van der Waals surface area contributed by atoms with Crippen molar-refractivity contribution in [2.24, 2.45) is 7.05 Å². The van der Waals surface area contributed by atoms with E-state index in [0.717, 1.165) is 16.8 Å². The summed E-state index contributed by atoms with van der Waals surface area (Å²) < 4.78 is 45.2. The molecule has 0 bridgehead atoms. The summed E-state index contributed by atoms with van der Waals surface area (Å²) in [7, 11) is 1.45. The van der Waals surface area contributed by atoms with Crippen LogP contribution in [0.3, 0.4) is 0 Å². The van der Waals surface area contributed by atoms with E-state index in [4.69, 9.17) is 4.74 Å². The number of hydrogen-bond donors (Lipinski definition) is 0. The normalized spacial score (nSPS) is 11.5. The molecule has 0 saturated heterocycles. The predicted molar refractivity (Wildman–Crippen MR) is 72.0 cm³/mol. The number of aryl methyl sites for hydroxylation is 1. The van der Waals surface area contributed by atoms with Crippen LogP contribution in [0.2, 0.25) is 0 Å². The standard InChI is InChI=1S/C14H13F3N2O3/c1-3-22-13(21)11-8-18(2)19(12(11)20)10-6-4-5-9(7-10)14(15,16)17/h4-8H,3H2,1-2H3. The van der Waals surface area contributed by atoms with Crippen LogP contribution in [0.1, 0.15) is 22.8 Å². The molecular formula is C14H13F3N2O3. The fourth-order valence-electron chi connectivity index (χ4n) is 2.02. The maximum absolute atomic E-state index is 12.8. The van der Waals surface area contributed by atoms with Crippen LogP contribution in [-0.4, -0.2) is 21.9 Å². The number of alkyl halides is 3. The number of halogens is 3. The van der Waals surface area contributed by atoms with Crippen LogP contribution in [0.5, 0.6) is 0 Å². The predicted octanol–water partition coefficient (Wildman–Crippen LogP) is 2.37. The number of hydrogen-bond acceptors (Lipinski definition) is 3. The monoisotopic (exact) mass is 314 g/mol. The molecule has 2 aromatic rings. The van der Waals surface area contributed by atoms with Crippen LogP contribution in [0.25, 0.3) is 5.69 Å². The van der Waals surface area contributed by atoms with Gasteiger partial charge in [0.15, 0.2) is 0 Å². The maximum Gasteiger partial charge on any atom is 0.416 e. The van der Waals surface area contributed by atoms with Crippen molar-refractivity contribution in [1.29, 1.82) is 0 Å². The minimum absolute atomic E-state index is 0.0119. The molecule has 22 heavy (non-hydrogen) atoms. The van der Waals surface area contributed by atoms with E-state index in [2.05, 4.69) is 0 Å². The van der Waals surface area contributed by atoms with Crippen molar-refractivity contribution < 1.29 is 22.7 Å². The molecule has 1 aromatic carbocycles. The lowest BCUT2D eigenvalue weighted by molar-refractivity contribution is -0.137. The van der Waals surface area contributed by atoms with Crippen molar-refractivity contribution in [3.63, 3.8) is 0 Å². The molecular weight excluding hydrogens is 301 g/mol. The highest BCUT2D eigenvalue weighted by atomic mass is 19.4. The van der Waals surface area contributed by atoms with E-state index in [1.54, 1.807) is 6.92 Å². The third-order valence-electron chi connectivity index (χ3n) is 2.97. The molecule has 0 fully saturated rings. The van der Waals surface area contributed by atoms with Gasteiger partial charge in [0, 0.05) is 13.2 Å². The van der Waals surface area contributed by atoms with Crippen LogP contribution in [0.4, 0.5) is 13.2 Å².